The van der Waals surface area contributed by atoms with Crippen LogP contribution in [0.1, 0.15) is 25.0 Å². The molecule has 0 fully saturated rings. The van der Waals surface area contributed by atoms with Gasteiger partial charge in [-0.05, 0) is 42.0 Å². The lowest BCUT2D eigenvalue weighted by atomic mass is 9.84. The van der Waals surface area contributed by atoms with Crippen molar-refractivity contribution in [3.05, 3.63) is 65.5 Å². The number of nitriles is 1. The lowest BCUT2D eigenvalue weighted by molar-refractivity contribution is -0.136. The van der Waals surface area contributed by atoms with Crippen molar-refractivity contribution in [1.82, 2.24) is 5.32 Å². The average molecular weight is 339 g/mol. The molecular formula is C19H18FN3O2. The summed E-state index contributed by atoms with van der Waals surface area (Å²) in [5.41, 5.74) is 1.28. The molecule has 0 aliphatic heterocycles. The first-order chi connectivity index (χ1) is 11.8. The van der Waals surface area contributed by atoms with Crippen LogP contribution in [0.15, 0.2) is 48.5 Å². The molecule has 6 heteroatoms. The summed E-state index contributed by atoms with van der Waals surface area (Å²) in [6.45, 7) is 4.00. The van der Waals surface area contributed by atoms with E-state index >= 15 is 0 Å². The molecule has 2 amide bonds. The van der Waals surface area contributed by atoms with Gasteiger partial charge in [0.1, 0.15) is 5.82 Å². The lowest BCUT2D eigenvalue weighted by Crippen LogP contribution is -2.42. The highest BCUT2D eigenvalue weighted by molar-refractivity contribution is 6.39. The summed E-state index contributed by atoms with van der Waals surface area (Å²) in [6.07, 6.45) is 0. The van der Waals surface area contributed by atoms with Crippen LogP contribution in [0.2, 0.25) is 0 Å². The van der Waals surface area contributed by atoms with Crippen molar-refractivity contribution in [3.63, 3.8) is 0 Å². The smallest absolute Gasteiger partial charge is 0.313 e. The number of nitrogens with one attached hydrogen (secondary N) is 2. The summed E-state index contributed by atoms with van der Waals surface area (Å²) in [6, 6.07) is 14.2. The van der Waals surface area contributed by atoms with E-state index in [0.29, 0.717) is 11.3 Å². The van der Waals surface area contributed by atoms with E-state index in [1.54, 1.807) is 36.4 Å². The first kappa shape index (κ1) is 18.1. The quantitative estimate of drug-likeness (QED) is 0.840. The normalized spacial score (nSPS) is 10.6. The molecule has 0 aliphatic rings. The molecule has 0 atom stereocenters. The van der Waals surface area contributed by atoms with Gasteiger partial charge in [0.2, 0.25) is 0 Å². The Balaban J connectivity index is 1.93. The third kappa shape index (κ3) is 4.88. The molecule has 128 valence electrons. The number of benzene rings is 2. The first-order valence-electron chi connectivity index (χ1n) is 7.67. The molecular weight excluding hydrogens is 321 g/mol. The second kappa shape index (κ2) is 7.58. The number of rotatable bonds is 4. The van der Waals surface area contributed by atoms with E-state index in [4.69, 9.17) is 5.26 Å². The average Bonchev–Trinajstić information content (AvgIpc) is 2.60. The second-order valence-corrected chi connectivity index (χ2v) is 6.22. The molecule has 0 spiro atoms. The Hall–Kier alpha value is -3.20. The van der Waals surface area contributed by atoms with Crippen LogP contribution in [-0.4, -0.2) is 18.4 Å². The fourth-order valence-corrected chi connectivity index (χ4v) is 2.20. The summed E-state index contributed by atoms with van der Waals surface area (Å²) in [5, 5.41) is 13.8. The maximum absolute atomic E-state index is 13.0. The molecule has 0 radical (unpaired) electrons. The number of amides is 2. The molecule has 0 unspecified atom stereocenters. The molecule has 0 saturated carbocycles. The third-order valence-corrected chi connectivity index (χ3v) is 3.79. The van der Waals surface area contributed by atoms with Gasteiger partial charge in [-0.3, -0.25) is 9.59 Å². The molecule has 2 aromatic carbocycles. The fourth-order valence-electron chi connectivity index (χ4n) is 2.20. The van der Waals surface area contributed by atoms with E-state index in [1.165, 1.54) is 12.1 Å². The van der Waals surface area contributed by atoms with Crippen molar-refractivity contribution >= 4 is 17.5 Å². The molecule has 25 heavy (non-hydrogen) atoms. The Kier molecular flexibility index (Phi) is 5.50. The van der Waals surface area contributed by atoms with E-state index in [1.807, 2.05) is 19.9 Å². The Morgan fingerprint density at radius 3 is 2.20 bits per heavy atom. The molecule has 5 nitrogen and oxygen atoms in total. The van der Waals surface area contributed by atoms with Gasteiger partial charge in [0.05, 0.1) is 11.6 Å². The molecule has 2 rings (SSSR count). The molecule has 0 aromatic heterocycles. The molecule has 0 heterocycles. The van der Waals surface area contributed by atoms with Crippen molar-refractivity contribution in [1.29, 1.82) is 5.26 Å². The van der Waals surface area contributed by atoms with Crippen LogP contribution in [0.5, 0.6) is 0 Å². The van der Waals surface area contributed by atoms with Crippen LogP contribution < -0.4 is 10.6 Å². The fraction of sp³-hybridized carbons (Fsp3) is 0.211. The SMILES string of the molecule is CC(C)(CNC(=O)C(=O)Nc1ccc(C#N)cc1)c1ccc(F)cc1. The van der Waals surface area contributed by atoms with Gasteiger partial charge in [0.15, 0.2) is 0 Å². The summed E-state index contributed by atoms with van der Waals surface area (Å²) in [4.78, 5) is 23.9. The highest BCUT2D eigenvalue weighted by Crippen LogP contribution is 2.22. The zero-order chi connectivity index (χ0) is 18.4. The molecule has 2 N–H and O–H groups in total. The highest BCUT2D eigenvalue weighted by Gasteiger charge is 2.23. The van der Waals surface area contributed by atoms with Crippen LogP contribution >= 0.6 is 0 Å². The van der Waals surface area contributed by atoms with Crippen molar-refractivity contribution in [2.24, 2.45) is 0 Å². The predicted octanol–water partition coefficient (Wildman–Crippen LogP) is 2.73. The molecule has 2 aromatic rings. The Morgan fingerprint density at radius 1 is 1.04 bits per heavy atom. The lowest BCUT2D eigenvalue weighted by Gasteiger charge is -2.25. The van der Waals surface area contributed by atoms with Crippen molar-refractivity contribution in [2.75, 3.05) is 11.9 Å². The largest absolute Gasteiger partial charge is 0.347 e. The second-order valence-electron chi connectivity index (χ2n) is 6.22. The number of carbonyl (C=O) groups excluding carboxylic acids is 2. The van der Waals surface area contributed by atoms with Gasteiger partial charge >= 0.3 is 11.8 Å². The summed E-state index contributed by atoms with van der Waals surface area (Å²) in [5.74, 6) is -1.88. The van der Waals surface area contributed by atoms with Gasteiger partial charge in [-0.15, -0.1) is 0 Å². The Morgan fingerprint density at radius 2 is 1.64 bits per heavy atom. The minimum Gasteiger partial charge on any atom is -0.347 e. The number of nitrogens with zero attached hydrogens (tertiary/aromatic N) is 1. The summed E-state index contributed by atoms with van der Waals surface area (Å²) < 4.78 is 13.0. The van der Waals surface area contributed by atoms with Gasteiger partial charge in [-0.25, -0.2) is 4.39 Å². The maximum atomic E-state index is 13.0. The topological polar surface area (TPSA) is 82.0 Å². The molecule has 0 saturated heterocycles. The van der Waals surface area contributed by atoms with E-state index < -0.39 is 17.2 Å². The van der Waals surface area contributed by atoms with Crippen molar-refractivity contribution < 1.29 is 14.0 Å². The van der Waals surface area contributed by atoms with Crippen molar-refractivity contribution in [2.45, 2.75) is 19.3 Å². The number of anilines is 1. The van der Waals surface area contributed by atoms with Crippen LogP contribution in [-0.2, 0) is 15.0 Å². The van der Waals surface area contributed by atoms with Gasteiger partial charge in [0.25, 0.3) is 0 Å². The van der Waals surface area contributed by atoms with E-state index in [-0.39, 0.29) is 12.4 Å². The summed E-state index contributed by atoms with van der Waals surface area (Å²) >= 11 is 0. The van der Waals surface area contributed by atoms with Crippen LogP contribution in [0.4, 0.5) is 10.1 Å². The Labute approximate surface area is 145 Å². The number of hydrogen-bond acceptors (Lipinski definition) is 3. The molecule has 0 bridgehead atoms. The standard InChI is InChI=1S/C19H18FN3O2/c1-19(2,14-5-7-15(20)8-6-14)12-22-17(24)18(25)23-16-9-3-13(11-21)4-10-16/h3-10H,12H2,1-2H3,(H,22,24)(H,23,25). The monoisotopic (exact) mass is 339 g/mol. The number of hydrogen-bond donors (Lipinski definition) is 2. The Bertz CT molecular complexity index is 806. The zero-order valence-corrected chi connectivity index (χ0v) is 14.0. The van der Waals surface area contributed by atoms with Crippen LogP contribution in [0.25, 0.3) is 0 Å². The van der Waals surface area contributed by atoms with Gasteiger partial charge in [-0.2, -0.15) is 5.26 Å². The van der Waals surface area contributed by atoms with E-state index in [2.05, 4.69) is 10.6 Å². The highest BCUT2D eigenvalue weighted by atomic mass is 19.1. The number of carbonyl (C=O) groups is 2. The van der Waals surface area contributed by atoms with Gasteiger partial charge in [0, 0.05) is 17.6 Å². The van der Waals surface area contributed by atoms with Crippen LogP contribution in [0, 0.1) is 17.1 Å². The van der Waals surface area contributed by atoms with Gasteiger partial charge < -0.3 is 10.6 Å². The van der Waals surface area contributed by atoms with Gasteiger partial charge in [-0.1, -0.05) is 26.0 Å². The van der Waals surface area contributed by atoms with E-state index in [9.17, 15) is 14.0 Å². The van der Waals surface area contributed by atoms with Crippen LogP contribution in [0.3, 0.4) is 0 Å². The minimum atomic E-state index is -0.792. The predicted molar refractivity (Wildman–Crippen MR) is 92.2 cm³/mol. The number of halogens is 1. The summed E-state index contributed by atoms with van der Waals surface area (Å²) in [7, 11) is 0. The zero-order valence-electron chi connectivity index (χ0n) is 14.0. The minimum absolute atomic E-state index is 0.220. The molecule has 0 aliphatic carbocycles. The van der Waals surface area contributed by atoms with E-state index in [0.717, 1.165) is 5.56 Å². The maximum Gasteiger partial charge on any atom is 0.313 e. The van der Waals surface area contributed by atoms with Crippen molar-refractivity contribution in [3.8, 4) is 6.07 Å². The first-order valence-corrected chi connectivity index (χ1v) is 7.67. The third-order valence-electron chi connectivity index (χ3n) is 3.79.